The molecule has 0 unspecified atom stereocenters. The van der Waals surface area contributed by atoms with Crippen molar-refractivity contribution in [3.05, 3.63) is 12.4 Å². The molecule has 8 heteroatoms. The second-order valence-corrected chi connectivity index (χ2v) is 3.88. The van der Waals surface area contributed by atoms with Crippen molar-refractivity contribution >= 4 is 17.7 Å². The molecule has 2 heterocycles. The molecule has 0 atom stereocenters. The van der Waals surface area contributed by atoms with Crippen molar-refractivity contribution in [1.29, 1.82) is 0 Å². The Hall–Kier alpha value is -1.83. The highest BCUT2D eigenvalue weighted by molar-refractivity contribution is 7.99. The number of aliphatic carboxylic acids is 1. The Morgan fingerprint density at radius 3 is 3.06 bits per heavy atom. The summed E-state index contributed by atoms with van der Waals surface area (Å²) < 4.78 is 6.87. The van der Waals surface area contributed by atoms with Gasteiger partial charge in [-0.25, -0.2) is 0 Å². The molecule has 0 bridgehead atoms. The zero-order valence-corrected chi connectivity index (χ0v) is 9.14. The number of rotatable bonds is 4. The third-order valence-electron chi connectivity index (χ3n) is 1.68. The monoisotopic (exact) mass is 240 g/mol. The Morgan fingerprint density at radius 1 is 1.62 bits per heavy atom. The number of carboxylic acids is 1. The van der Waals surface area contributed by atoms with Gasteiger partial charge in [-0.2, -0.15) is 5.10 Å². The van der Waals surface area contributed by atoms with E-state index in [1.807, 2.05) is 0 Å². The molecule has 7 nitrogen and oxygen atoms in total. The Bertz CT molecular complexity index is 507. The summed E-state index contributed by atoms with van der Waals surface area (Å²) in [4.78, 5) is 10.3. The van der Waals surface area contributed by atoms with E-state index in [0.717, 1.165) is 11.8 Å². The quantitative estimate of drug-likeness (QED) is 0.784. The molecule has 0 fully saturated rings. The number of hydrogen-bond donors (Lipinski definition) is 1. The summed E-state index contributed by atoms with van der Waals surface area (Å²) in [6, 6.07) is 0. The van der Waals surface area contributed by atoms with E-state index in [0.29, 0.717) is 11.5 Å². The van der Waals surface area contributed by atoms with Crippen molar-refractivity contribution in [1.82, 2.24) is 20.0 Å². The van der Waals surface area contributed by atoms with Crippen LogP contribution in [0.5, 0.6) is 0 Å². The molecule has 0 saturated carbocycles. The van der Waals surface area contributed by atoms with Crippen molar-refractivity contribution in [2.75, 3.05) is 5.75 Å². The lowest BCUT2D eigenvalue weighted by Crippen LogP contribution is -1.97. The number of carbonyl (C=O) groups is 1. The average molecular weight is 240 g/mol. The van der Waals surface area contributed by atoms with Gasteiger partial charge in [-0.05, 0) is 0 Å². The van der Waals surface area contributed by atoms with Crippen molar-refractivity contribution in [3.63, 3.8) is 0 Å². The van der Waals surface area contributed by atoms with Crippen molar-refractivity contribution in [3.8, 4) is 11.5 Å². The normalized spacial score (nSPS) is 10.6. The number of carboxylic acid groups (broad SMARTS) is 1. The molecule has 84 valence electrons. The van der Waals surface area contributed by atoms with Gasteiger partial charge in [0.25, 0.3) is 11.1 Å². The number of aromatic nitrogens is 4. The van der Waals surface area contributed by atoms with Crippen LogP contribution in [0.15, 0.2) is 22.0 Å². The van der Waals surface area contributed by atoms with Gasteiger partial charge < -0.3 is 9.52 Å². The van der Waals surface area contributed by atoms with E-state index in [-0.39, 0.29) is 11.0 Å². The molecular weight excluding hydrogens is 232 g/mol. The van der Waals surface area contributed by atoms with Crippen LogP contribution in [0.25, 0.3) is 11.5 Å². The van der Waals surface area contributed by atoms with Crippen LogP contribution in [0.3, 0.4) is 0 Å². The van der Waals surface area contributed by atoms with E-state index in [1.165, 1.54) is 0 Å². The van der Waals surface area contributed by atoms with Crippen LogP contribution in [-0.4, -0.2) is 36.8 Å². The van der Waals surface area contributed by atoms with Crippen LogP contribution in [0, 0.1) is 0 Å². The summed E-state index contributed by atoms with van der Waals surface area (Å²) in [5.74, 6) is -0.693. The summed E-state index contributed by atoms with van der Waals surface area (Å²) in [5.41, 5.74) is 0.706. The van der Waals surface area contributed by atoms with E-state index >= 15 is 0 Å². The molecule has 0 amide bonds. The van der Waals surface area contributed by atoms with Crippen LogP contribution in [-0.2, 0) is 11.8 Å². The van der Waals surface area contributed by atoms with Gasteiger partial charge in [0.15, 0.2) is 0 Å². The standard InChI is InChI=1S/C8H8N4O3S/c1-12-3-5(2-9-12)7-10-11-8(15-7)16-4-6(13)14/h2-3H,4H2,1H3,(H,13,14). The van der Waals surface area contributed by atoms with Crippen LogP contribution in [0.4, 0.5) is 0 Å². The summed E-state index contributed by atoms with van der Waals surface area (Å²) in [5, 5.41) is 20.2. The Balaban J connectivity index is 2.10. The molecule has 1 N–H and O–H groups in total. The van der Waals surface area contributed by atoms with E-state index in [2.05, 4.69) is 15.3 Å². The first-order chi connectivity index (χ1) is 7.65. The summed E-state index contributed by atoms with van der Waals surface area (Å²) in [6.45, 7) is 0. The molecular formula is C8H8N4O3S. The minimum absolute atomic E-state index is 0.103. The minimum Gasteiger partial charge on any atom is -0.481 e. The van der Waals surface area contributed by atoms with Gasteiger partial charge >= 0.3 is 5.97 Å². The average Bonchev–Trinajstić information content (AvgIpc) is 2.83. The minimum atomic E-state index is -0.925. The molecule has 2 rings (SSSR count). The summed E-state index contributed by atoms with van der Waals surface area (Å²) >= 11 is 0.984. The van der Waals surface area contributed by atoms with Gasteiger partial charge in [0.2, 0.25) is 0 Å². The maximum atomic E-state index is 10.3. The van der Waals surface area contributed by atoms with Crippen molar-refractivity contribution in [2.45, 2.75) is 5.22 Å². The molecule has 0 saturated heterocycles. The zero-order chi connectivity index (χ0) is 11.5. The molecule has 0 spiro atoms. The highest BCUT2D eigenvalue weighted by Gasteiger charge is 2.11. The Morgan fingerprint density at radius 2 is 2.44 bits per heavy atom. The Labute approximate surface area is 94.5 Å². The predicted molar refractivity (Wildman–Crippen MR) is 54.9 cm³/mol. The third kappa shape index (κ3) is 2.40. The molecule has 0 aromatic carbocycles. The van der Waals surface area contributed by atoms with Crippen molar-refractivity contribution in [2.24, 2.45) is 7.05 Å². The van der Waals surface area contributed by atoms with E-state index in [9.17, 15) is 4.79 Å². The molecule has 2 aromatic heterocycles. The molecule has 16 heavy (non-hydrogen) atoms. The number of hydrogen-bond acceptors (Lipinski definition) is 6. The molecule has 2 aromatic rings. The van der Waals surface area contributed by atoms with Gasteiger partial charge in [-0.3, -0.25) is 9.48 Å². The smallest absolute Gasteiger partial charge is 0.314 e. The van der Waals surface area contributed by atoms with Crippen LogP contribution >= 0.6 is 11.8 Å². The first-order valence-corrected chi connectivity index (χ1v) is 5.31. The van der Waals surface area contributed by atoms with Crippen LogP contribution in [0.1, 0.15) is 0 Å². The van der Waals surface area contributed by atoms with Gasteiger partial charge in [0, 0.05) is 13.2 Å². The summed E-state index contributed by atoms with van der Waals surface area (Å²) in [7, 11) is 1.78. The highest BCUT2D eigenvalue weighted by Crippen LogP contribution is 2.22. The lowest BCUT2D eigenvalue weighted by atomic mass is 10.4. The van der Waals surface area contributed by atoms with E-state index in [4.69, 9.17) is 9.52 Å². The number of aryl methyl sites for hydroxylation is 1. The first kappa shape index (κ1) is 10.7. The highest BCUT2D eigenvalue weighted by atomic mass is 32.2. The third-order valence-corrected chi connectivity index (χ3v) is 2.48. The maximum absolute atomic E-state index is 10.3. The topological polar surface area (TPSA) is 94.0 Å². The fraction of sp³-hybridized carbons (Fsp3) is 0.250. The van der Waals surface area contributed by atoms with E-state index in [1.54, 1.807) is 24.1 Å². The molecule has 0 aliphatic heterocycles. The van der Waals surface area contributed by atoms with Crippen LogP contribution < -0.4 is 0 Å². The molecule has 0 radical (unpaired) electrons. The molecule has 0 aliphatic rings. The maximum Gasteiger partial charge on any atom is 0.314 e. The molecule has 0 aliphatic carbocycles. The summed E-state index contributed by atoms with van der Waals surface area (Å²) in [6.07, 6.45) is 3.33. The van der Waals surface area contributed by atoms with E-state index < -0.39 is 5.97 Å². The SMILES string of the molecule is Cn1cc(-c2nnc(SCC(=O)O)o2)cn1. The van der Waals surface area contributed by atoms with Gasteiger partial charge in [-0.15, -0.1) is 10.2 Å². The number of thioether (sulfide) groups is 1. The predicted octanol–water partition coefficient (Wildman–Crippen LogP) is 0.647. The van der Waals surface area contributed by atoms with Gasteiger partial charge in [0.1, 0.15) is 5.75 Å². The lowest BCUT2D eigenvalue weighted by molar-refractivity contribution is -0.133. The first-order valence-electron chi connectivity index (χ1n) is 4.32. The van der Waals surface area contributed by atoms with Crippen LogP contribution in [0.2, 0.25) is 0 Å². The number of nitrogens with zero attached hydrogens (tertiary/aromatic N) is 4. The van der Waals surface area contributed by atoms with Gasteiger partial charge in [0.05, 0.1) is 11.8 Å². The second kappa shape index (κ2) is 4.35. The second-order valence-electron chi connectivity index (χ2n) is 2.96. The van der Waals surface area contributed by atoms with Crippen molar-refractivity contribution < 1.29 is 14.3 Å². The fourth-order valence-corrected chi connectivity index (χ4v) is 1.52. The van der Waals surface area contributed by atoms with Gasteiger partial charge in [-0.1, -0.05) is 11.8 Å². The zero-order valence-electron chi connectivity index (χ0n) is 8.32. The Kier molecular flexibility index (Phi) is 2.91. The lowest BCUT2D eigenvalue weighted by Gasteiger charge is -1.88. The largest absolute Gasteiger partial charge is 0.481 e. The fourth-order valence-electron chi connectivity index (χ4n) is 1.04.